The molecule has 0 saturated heterocycles. The molecular formula is C53H102N2O6P+. The number of aliphatic hydroxyl groups excluding tert-OH is 1. The van der Waals surface area contributed by atoms with Crippen LogP contribution in [0.15, 0.2) is 48.6 Å². The third-order valence-corrected chi connectivity index (χ3v) is 12.5. The Morgan fingerprint density at radius 3 is 1.42 bits per heavy atom. The number of phosphoric ester groups is 1. The molecule has 0 heterocycles. The molecule has 0 spiro atoms. The minimum Gasteiger partial charge on any atom is -0.387 e. The van der Waals surface area contributed by atoms with Gasteiger partial charge in [0.15, 0.2) is 0 Å². The van der Waals surface area contributed by atoms with E-state index in [1.807, 2.05) is 27.2 Å². The number of amides is 1. The van der Waals surface area contributed by atoms with Gasteiger partial charge >= 0.3 is 7.82 Å². The van der Waals surface area contributed by atoms with Gasteiger partial charge in [0, 0.05) is 6.42 Å². The molecule has 62 heavy (non-hydrogen) atoms. The number of nitrogens with zero attached hydrogens (tertiary/aromatic N) is 1. The molecule has 0 saturated carbocycles. The number of quaternary nitrogens is 1. The van der Waals surface area contributed by atoms with E-state index in [0.29, 0.717) is 17.4 Å². The van der Waals surface area contributed by atoms with Gasteiger partial charge in [-0.2, -0.15) is 0 Å². The molecule has 0 aliphatic heterocycles. The second-order valence-corrected chi connectivity index (χ2v) is 20.3. The lowest BCUT2D eigenvalue weighted by Gasteiger charge is -2.25. The fraction of sp³-hybridized carbons (Fsp3) is 0.830. The number of hydrogen-bond donors (Lipinski definition) is 3. The van der Waals surface area contributed by atoms with Gasteiger partial charge in [-0.1, -0.05) is 210 Å². The van der Waals surface area contributed by atoms with Crippen molar-refractivity contribution in [1.82, 2.24) is 5.32 Å². The first-order valence-corrected chi connectivity index (χ1v) is 27.5. The Kier molecular flexibility index (Phi) is 43.5. The predicted octanol–water partition coefficient (Wildman–Crippen LogP) is 15.2. The number of likely N-dealkylation sites (N-methyl/N-ethyl adjacent to an activating group) is 1. The summed E-state index contributed by atoms with van der Waals surface area (Å²) < 4.78 is 23.6. The van der Waals surface area contributed by atoms with Crippen LogP contribution in [-0.4, -0.2) is 73.4 Å². The van der Waals surface area contributed by atoms with Crippen LogP contribution in [0.1, 0.15) is 232 Å². The average Bonchev–Trinajstić information content (AvgIpc) is 3.23. The monoisotopic (exact) mass is 894 g/mol. The van der Waals surface area contributed by atoms with Gasteiger partial charge in [0.1, 0.15) is 13.2 Å². The maximum absolute atomic E-state index is 12.9. The SMILES string of the molecule is CCCCC/C=C\C/C=C\CCCCCCCCCCCC(=O)NC(COP(=O)(O)OCC[N+](C)(C)C)C(O)/C=C/CC/C=C/CCCCCCCCCCCCCCCCC. The summed E-state index contributed by atoms with van der Waals surface area (Å²) in [5, 5.41) is 13.9. The summed E-state index contributed by atoms with van der Waals surface area (Å²) in [7, 11) is 1.55. The fourth-order valence-electron chi connectivity index (χ4n) is 7.38. The molecule has 3 atom stereocenters. The van der Waals surface area contributed by atoms with Crippen molar-refractivity contribution in [3.8, 4) is 0 Å². The van der Waals surface area contributed by atoms with Crippen LogP contribution in [0.5, 0.6) is 0 Å². The van der Waals surface area contributed by atoms with Gasteiger partial charge in [-0.3, -0.25) is 13.8 Å². The van der Waals surface area contributed by atoms with Crippen molar-refractivity contribution in [2.24, 2.45) is 0 Å². The van der Waals surface area contributed by atoms with E-state index in [1.165, 1.54) is 167 Å². The third-order valence-electron chi connectivity index (χ3n) is 11.5. The van der Waals surface area contributed by atoms with E-state index < -0.39 is 20.0 Å². The smallest absolute Gasteiger partial charge is 0.387 e. The quantitative estimate of drug-likeness (QED) is 0.0243. The second kappa shape index (κ2) is 44.7. The lowest BCUT2D eigenvalue weighted by Crippen LogP contribution is -2.45. The van der Waals surface area contributed by atoms with Crippen LogP contribution >= 0.6 is 7.82 Å². The first-order chi connectivity index (χ1) is 30.0. The molecular weight excluding hydrogens is 792 g/mol. The summed E-state index contributed by atoms with van der Waals surface area (Å²) >= 11 is 0. The predicted molar refractivity (Wildman–Crippen MR) is 267 cm³/mol. The third kappa shape index (κ3) is 46.5. The van der Waals surface area contributed by atoms with Gasteiger partial charge in [0.25, 0.3) is 0 Å². The molecule has 0 aliphatic carbocycles. The Labute approximate surface area is 384 Å². The van der Waals surface area contributed by atoms with Crippen LogP contribution in [-0.2, 0) is 18.4 Å². The van der Waals surface area contributed by atoms with E-state index in [1.54, 1.807) is 6.08 Å². The van der Waals surface area contributed by atoms with Crippen LogP contribution in [0.25, 0.3) is 0 Å². The second-order valence-electron chi connectivity index (χ2n) is 18.9. The van der Waals surface area contributed by atoms with E-state index in [0.717, 1.165) is 44.9 Å². The molecule has 0 fully saturated rings. The molecule has 0 aliphatic rings. The molecule has 0 rings (SSSR count). The molecule has 0 aromatic heterocycles. The van der Waals surface area contributed by atoms with Crippen LogP contribution in [0, 0.1) is 0 Å². The van der Waals surface area contributed by atoms with Crippen LogP contribution in [0.3, 0.4) is 0 Å². The standard InChI is InChI=1S/C53H101N2O6P/c1-6-8-10-12-14-16-18-20-22-24-26-27-29-30-32-34-36-38-40-42-44-46-52(56)51(50-61-62(58,59)60-49-48-55(3,4)5)54-53(57)47-45-43-41-39-37-35-33-31-28-25-23-21-19-17-15-13-11-9-7-2/h15,17,21,23,36,38,44,46,51-52,56H,6-14,16,18-20,22,24-35,37,39-43,45,47-50H2,1-5H3,(H-,54,57,58,59)/p+1/b17-15-,23-21-,38-36+,46-44+. The average molecular weight is 894 g/mol. The van der Waals surface area contributed by atoms with E-state index >= 15 is 0 Å². The lowest BCUT2D eigenvalue weighted by molar-refractivity contribution is -0.870. The van der Waals surface area contributed by atoms with Crippen molar-refractivity contribution >= 4 is 13.7 Å². The number of aliphatic hydroxyl groups is 1. The topological polar surface area (TPSA) is 105 Å². The molecule has 8 nitrogen and oxygen atoms in total. The molecule has 0 aromatic rings. The lowest BCUT2D eigenvalue weighted by atomic mass is 10.0. The number of carbonyl (C=O) groups excluding carboxylic acids is 1. The van der Waals surface area contributed by atoms with E-state index in [9.17, 15) is 19.4 Å². The van der Waals surface area contributed by atoms with Crippen LogP contribution in [0.2, 0.25) is 0 Å². The highest BCUT2D eigenvalue weighted by atomic mass is 31.2. The maximum atomic E-state index is 12.9. The zero-order valence-corrected chi connectivity index (χ0v) is 42.3. The zero-order chi connectivity index (χ0) is 45.7. The van der Waals surface area contributed by atoms with Crippen molar-refractivity contribution in [2.45, 2.75) is 244 Å². The number of unbranched alkanes of at least 4 members (excludes halogenated alkanes) is 28. The van der Waals surface area contributed by atoms with E-state index in [-0.39, 0.29) is 19.1 Å². The van der Waals surface area contributed by atoms with Crippen molar-refractivity contribution in [1.29, 1.82) is 0 Å². The number of allylic oxidation sites excluding steroid dienone is 7. The number of nitrogens with one attached hydrogen (secondary N) is 1. The van der Waals surface area contributed by atoms with Gasteiger partial charge in [-0.05, 0) is 64.2 Å². The summed E-state index contributed by atoms with van der Waals surface area (Å²) in [4.78, 5) is 23.2. The zero-order valence-electron chi connectivity index (χ0n) is 41.4. The maximum Gasteiger partial charge on any atom is 0.472 e. The van der Waals surface area contributed by atoms with E-state index in [4.69, 9.17) is 9.05 Å². The normalized spacial score (nSPS) is 14.5. The summed E-state index contributed by atoms with van der Waals surface area (Å²) in [5.41, 5.74) is 0. The van der Waals surface area contributed by atoms with Gasteiger partial charge in [0.2, 0.25) is 5.91 Å². The van der Waals surface area contributed by atoms with Crippen molar-refractivity contribution in [3.05, 3.63) is 48.6 Å². The first-order valence-electron chi connectivity index (χ1n) is 26.0. The summed E-state index contributed by atoms with van der Waals surface area (Å²) in [6, 6.07) is -0.866. The van der Waals surface area contributed by atoms with Gasteiger partial charge < -0.3 is 19.8 Å². The summed E-state index contributed by atoms with van der Waals surface area (Å²) in [5.74, 6) is -0.191. The molecule has 0 bridgehead atoms. The number of rotatable bonds is 47. The van der Waals surface area contributed by atoms with Crippen molar-refractivity contribution in [3.63, 3.8) is 0 Å². The Hall–Kier alpha value is -1.54. The van der Waals surface area contributed by atoms with Crippen LogP contribution in [0.4, 0.5) is 0 Å². The molecule has 0 aromatic carbocycles. The summed E-state index contributed by atoms with van der Waals surface area (Å²) in [6.07, 6.45) is 57.6. The highest BCUT2D eigenvalue weighted by molar-refractivity contribution is 7.47. The van der Waals surface area contributed by atoms with Gasteiger partial charge in [-0.25, -0.2) is 4.57 Å². The Balaban J connectivity index is 4.36. The molecule has 3 N–H and O–H groups in total. The fourth-order valence-corrected chi connectivity index (χ4v) is 8.12. The Morgan fingerprint density at radius 2 is 0.935 bits per heavy atom. The van der Waals surface area contributed by atoms with Crippen molar-refractivity contribution < 1.29 is 32.9 Å². The largest absolute Gasteiger partial charge is 0.472 e. The minimum atomic E-state index is -4.35. The number of carbonyl (C=O) groups is 1. The highest BCUT2D eigenvalue weighted by Gasteiger charge is 2.27. The summed E-state index contributed by atoms with van der Waals surface area (Å²) in [6.45, 7) is 4.78. The van der Waals surface area contributed by atoms with Gasteiger partial charge in [0.05, 0.1) is 39.9 Å². The number of hydrogen-bond acceptors (Lipinski definition) is 5. The van der Waals surface area contributed by atoms with Crippen LogP contribution < -0.4 is 5.32 Å². The van der Waals surface area contributed by atoms with Crippen molar-refractivity contribution in [2.75, 3.05) is 40.9 Å². The Morgan fingerprint density at radius 1 is 0.548 bits per heavy atom. The first kappa shape index (κ1) is 60.5. The molecule has 3 unspecified atom stereocenters. The minimum absolute atomic E-state index is 0.0545. The molecule has 0 radical (unpaired) electrons. The number of phosphoric acid groups is 1. The Bertz CT molecular complexity index is 1150. The molecule has 364 valence electrons. The van der Waals surface area contributed by atoms with Gasteiger partial charge in [-0.15, -0.1) is 0 Å². The molecule has 9 heteroatoms. The highest BCUT2D eigenvalue weighted by Crippen LogP contribution is 2.43. The van der Waals surface area contributed by atoms with E-state index in [2.05, 4.69) is 55.6 Å². The molecule has 1 amide bonds.